The molecule has 0 spiro atoms. The van der Waals surface area contributed by atoms with Gasteiger partial charge >= 0.3 is 17.9 Å². The summed E-state index contributed by atoms with van der Waals surface area (Å²) < 4.78 is 17.0. The highest BCUT2D eigenvalue weighted by Crippen LogP contribution is 2.17. The number of ether oxygens (including phenoxy) is 3. The van der Waals surface area contributed by atoms with Crippen molar-refractivity contribution >= 4 is 17.9 Å². The van der Waals surface area contributed by atoms with E-state index in [1.165, 1.54) is 186 Å². The van der Waals surface area contributed by atoms with Crippen molar-refractivity contribution in [3.63, 3.8) is 0 Å². The Bertz CT molecular complexity index is 1660. The first-order valence-corrected chi connectivity index (χ1v) is 35.4. The zero-order valence-corrected chi connectivity index (χ0v) is 54.7. The molecule has 0 aliphatic rings. The van der Waals surface area contributed by atoms with Crippen LogP contribution in [0.3, 0.4) is 0 Å². The van der Waals surface area contributed by atoms with Gasteiger partial charge in [-0.25, -0.2) is 0 Å². The molecule has 0 saturated carbocycles. The standard InChI is InChI=1S/C77H132O6/c1-4-7-10-13-16-19-22-25-28-31-33-34-35-36-37-38-39-40-41-42-44-46-49-52-55-58-61-64-67-70-76(79)82-73-74(72-81-75(78)69-66-63-60-57-54-51-48-45-30-27-24-21-18-15-12-9-6-3)83-77(80)71-68-65-62-59-56-53-50-47-43-32-29-26-23-20-17-14-11-8-5-2/h7,10,16-17,19-20,25-30,33-34,36-37,43,47,74H,4-6,8-9,11-15,18,21-24,31-32,35,38-42,44-46,48-73H2,1-3H3/b10-7-,19-16-,20-17-,28-25-,29-26-,30-27-,34-33-,37-36-,47-43-. The highest BCUT2D eigenvalue weighted by atomic mass is 16.6. The van der Waals surface area contributed by atoms with E-state index in [-0.39, 0.29) is 31.1 Å². The largest absolute Gasteiger partial charge is 0.462 e. The van der Waals surface area contributed by atoms with Gasteiger partial charge in [-0.05, 0) is 128 Å². The van der Waals surface area contributed by atoms with E-state index in [1.54, 1.807) is 0 Å². The Balaban J connectivity index is 4.33. The maximum absolute atomic E-state index is 13.0. The number of allylic oxidation sites excluding steroid dienone is 18. The van der Waals surface area contributed by atoms with Gasteiger partial charge in [0.05, 0.1) is 0 Å². The number of hydrogen-bond donors (Lipinski definition) is 0. The summed E-state index contributed by atoms with van der Waals surface area (Å²) in [5.41, 5.74) is 0. The lowest BCUT2D eigenvalue weighted by Gasteiger charge is -2.18. The quantitative estimate of drug-likeness (QED) is 0.0261. The van der Waals surface area contributed by atoms with Crippen LogP contribution in [0.1, 0.15) is 342 Å². The molecule has 0 aromatic heterocycles. The van der Waals surface area contributed by atoms with Crippen molar-refractivity contribution in [1.29, 1.82) is 0 Å². The molecule has 83 heavy (non-hydrogen) atoms. The molecule has 6 heteroatoms. The molecule has 0 bridgehead atoms. The van der Waals surface area contributed by atoms with Crippen molar-refractivity contribution < 1.29 is 28.6 Å². The Hall–Kier alpha value is -3.93. The Morgan fingerprint density at radius 1 is 0.253 bits per heavy atom. The second-order valence-electron chi connectivity index (χ2n) is 23.4. The lowest BCUT2D eigenvalue weighted by molar-refractivity contribution is -0.167. The average molecular weight is 1150 g/mol. The van der Waals surface area contributed by atoms with Crippen LogP contribution in [0, 0.1) is 0 Å². The predicted molar refractivity (Wildman–Crippen MR) is 362 cm³/mol. The number of carbonyl (C=O) groups is 3. The van der Waals surface area contributed by atoms with E-state index in [9.17, 15) is 14.4 Å². The van der Waals surface area contributed by atoms with Crippen LogP contribution in [0.5, 0.6) is 0 Å². The van der Waals surface area contributed by atoms with Crippen molar-refractivity contribution in [3.05, 3.63) is 109 Å². The molecule has 1 unspecified atom stereocenters. The van der Waals surface area contributed by atoms with Crippen LogP contribution in [0.25, 0.3) is 0 Å². The molecule has 0 heterocycles. The van der Waals surface area contributed by atoms with Crippen LogP contribution in [0.4, 0.5) is 0 Å². The fraction of sp³-hybridized carbons (Fsp3) is 0.727. The molecule has 0 amide bonds. The first-order chi connectivity index (χ1) is 41.0. The maximum atomic E-state index is 13.0. The summed E-state index contributed by atoms with van der Waals surface area (Å²) in [5, 5.41) is 0. The van der Waals surface area contributed by atoms with E-state index in [1.807, 2.05) is 0 Å². The van der Waals surface area contributed by atoms with E-state index >= 15 is 0 Å². The van der Waals surface area contributed by atoms with E-state index in [4.69, 9.17) is 14.2 Å². The molecule has 0 radical (unpaired) electrons. The number of hydrogen-bond acceptors (Lipinski definition) is 6. The zero-order chi connectivity index (χ0) is 59.9. The number of esters is 3. The van der Waals surface area contributed by atoms with Gasteiger partial charge in [-0.15, -0.1) is 0 Å². The van der Waals surface area contributed by atoms with Gasteiger partial charge < -0.3 is 14.2 Å². The predicted octanol–water partition coefficient (Wildman–Crippen LogP) is 24.6. The second kappa shape index (κ2) is 70.6. The average Bonchev–Trinajstić information content (AvgIpc) is 3.49. The van der Waals surface area contributed by atoms with Gasteiger partial charge in [0.2, 0.25) is 0 Å². The first-order valence-electron chi connectivity index (χ1n) is 35.4. The first kappa shape index (κ1) is 79.1. The molecular weight excluding hydrogens is 1020 g/mol. The zero-order valence-electron chi connectivity index (χ0n) is 54.7. The molecule has 0 saturated heterocycles. The van der Waals surface area contributed by atoms with Crippen molar-refractivity contribution in [2.24, 2.45) is 0 Å². The van der Waals surface area contributed by atoms with Gasteiger partial charge in [-0.2, -0.15) is 0 Å². The van der Waals surface area contributed by atoms with Crippen LogP contribution in [-0.4, -0.2) is 37.2 Å². The molecule has 0 aromatic carbocycles. The highest BCUT2D eigenvalue weighted by molar-refractivity contribution is 5.71. The van der Waals surface area contributed by atoms with Crippen molar-refractivity contribution in [1.82, 2.24) is 0 Å². The van der Waals surface area contributed by atoms with Crippen LogP contribution in [-0.2, 0) is 28.6 Å². The van der Waals surface area contributed by atoms with Crippen molar-refractivity contribution in [2.75, 3.05) is 13.2 Å². The van der Waals surface area contributed by atoms with Crippen LogP contribution in [0.2, 0.25) is 0 Å². The van der Waals surface area contributed by atoms with E-state index in [0.717, 1.165) is 116 Å². The molecule has 0 aliphatic carbocycles. The summed E-state index contributed by atoms with van der Waals surface area (Å²) in [7, 11) is 0. The Labute approximate surface area is 514 Å². The van der Waals surface area contributed by atoms with Crippen LogP contribution < -0.4 is 0 Å². The summed E-state index contributed by atoms with van der Waals surface area (Å²) in [5.74, 6) is -0.888. The van der Waals surface area contributed by atoms with Crippen LogP contribution >= 0.6 is 0 Å². The molecule has 1 atom stereocenters. The Morgan fingerprint density at radius 2 is 0.470 bits per heavy atom. The molecular formula is C77H132O6. The monoisotopic (exact) mass is 1150 g/mol. The third-order valence-corrected chi connectivity index (χ3v) is 15.2. The summed E-state index contributed by atoms with van der Waals surface area (Å²) in [4.78, 5) is 38.5. The van der Waals surface area contributed by atoms with Gasteiger partial charge in [0.25, 0.3) is 0 Å². The summed E-state index contributed by atoms with van der Waals surface area (Å²) in [6.07, 6.45) is 96.7. The minimum absolute atomic E-state index is 0.0842. The van der Waals surface area contributed by atoms with Crippen molar-refractivity contribution in [2.45, 2.75) is 348 Å². The summed E-state index contributed by atoms with van der Waals surface area (Å²) >= 11 is 0. The third-order valence-electron chi connectivity index (χ3n) is 15.2. The normalized spacial score (nSPS) is 12.8. The lowest BCUT2D eigenvalue weighted by atomic mass is 10.0. The fourth-order valence-corrected chi connectivity index (χ4v) is 9.94. The summed E-state index contributed by atoms with van der Waals surface area (Å²) in [6, 6.07) is 0. The fourth-order valence-electron chi connectivity index (χ4n) is 9.94. The van der Waals surface area contributed by atoms with E-state index in [0.29, 0.717) is 19.3 Å². The summed E-state index contributed by atoms with van der Waals surface area (Å²) in [6.45, 7) is 6.52. The number of carbonyl (C=O) groups excluding carboxylic acids is 3. The van der Waals surface area contributed by atoms with Gasteiger partial charge in [0, 0.05) is 19.3 Å². The topological polar surface area (TPSA) is 78.9 Å². The van der Waals surface area contributed by atoms with Crippen molar-refractivity contribution in [3.8, 4) is 0 Å². The molecule has 0 aliphatic heterocycles. The minimum atomic E-state index is -0.790. The molecule has 0 N–H and O–H groups in total. The third kappa shape index (κ3) is 68.7. The number of rotatable bonds is 64. The highest BCUT2D eigenvalue weighted by Gasteiger charge is 2.19. The lowest BCUT2D eigenvalue weighted by Crippen LogP contribution is -2.30. The second-order valence-corrected chi connectivity index (χ2v) is 23.4. The molecule has 476 valence electrons. The Kier molecular flexibility index (Phi) is 67.2. The van der Waals surface area contributed by atoms with Crippen LogP contribution in [0.15, 0.2) is 109 Å². The van der Waals surface area contributed by atoms with E-state index < -0.39 is 6.10 Å². The van der Waals surface area contributed by atoms with Gasteiger partial charge in [0.1, 0.15) is 13.2 Å². The SMILES string of the molecule is CC/C=C\C/C=C\C/C=C\C/C=C\C/C=C\CCCCCCCCCCCCCCCC(=O)OCC(COC(=O)CCCCCCCCC/C=C\CCCCCCCC)OC(=O)CCCCCCCC/C=C\C/C=C\C/C=C\CCCCC. The maximum Gasteiger partial charge on any atom is 0.306 e. The minimum Gasteiger partial charge on any atom is -0.462 e. The smallest absolute Gasteiger partial charge is 0.306 e. The number of unbranched alkanes of at least 4 members (excludes halogenated alkanes) is 35. The van der Waals surface area contributed by atoms with Gasteiger partial charge in [-0.3, -0.25) is 14.4 Å². The molecule has 0 rings (SSSR count). The Morgan fingerprint density at radius 3 is 0.771 bits per heavy atom. The van der Waals surface area contributed by atoms with Gasteiger partial charge in [0.15, 0.2) is 6.10 Å². The molecule has 0 fully saturated rings. The van der Waals surface area contributed by atoms with E-state index in [2.05, 4.69) is 130 Å². The van der Waals surface area contributed by atoms with Gasteiger partial charge in [-0.1, -0.05) is 304 Å². The molecule has 6 nitrogen and oxygen atoms in total. The molecule has 0 aromatic rings.